The normalized spacial score (nSPS) is 15.0. The molecular weight excluding hydrogens is 412 g/mol. The fourth-order valence-corrected chi connectivity index (χ4v) is 4.43. The predicted octanol–water partition coefficient (Wildman–Crippen LogP) is 4.98. The lowest BCUT2D eigenvalue weighted by Crippen LogP contribution is -2.52. The fraction of sp³-hybridized carbons (Fsp3) is 0.286. The first-order valence-corrected chi connectivity index (χ1v) is 11.4. The molecule has 0 aliphatic carbocycles. The van der Waals surface area contributed by atoms with Gasteiger partial charge in [-0.15, -0.1) is 0 Å². The van der Waals surface area contributed by atoms with Gasteiger partial charge in [-0.2, -0.15) is 0 Å². The first-order chi connectivity index (χ1) is 16.0. The molecule has 1 fully saturated rings. The van der Waals surface area contributed by atoms with E-state index in [1.165, 1.54) is 5.56 Å². The van der Waals surface area contributed by atoms with Gasteiger partial charge in [0.2, 0.25) is 11.8 Å². The zero-order valence-electron chi connectivity index (χ0n) is 19.2. The minimum absolute atomic E-state index is 0.0120. The molecule has 3 aromatic rings. The molecule has 1 N–H and O–H groups in total. The van der Waals surface area contributed by atoms with E-state index in [1.807, 2.05) is 90.7 Å². The third kappa shape index (κ3) is 5.08. The lowest BCUT2D eigenvalue weighted by atomic mass is 9.72. The first kappa shape index (κ1) is 22.6. The van der Waals surface area contributed by atoms with E-state index in [4.69, 9.17) is 4.74 Å². The van der Waals surface area contributed by atoms with Crippen LogP contribution in [-0.4, -0.2) is 29.8 Å². The second kappa shape index (κ2) is 9.90. The minimum atomic E-state index is -0.653. The van der Waals surface area contributed by atoms with Crippen LogP contribution in [0, 0.1) is 6.92 Å². The summed E-state index contributed by atoms with van der Waals surface area (Å²) in [6.07, 6.45) is 1.20. The van der Waals surface area contributed by atoms with E-state index in [-0.39, 0.29) is 11.8 Å². The molecule has 1 aliphatic rings. The van der Waals surface area contributed by atoms with Gasteiger partial charge in [-0.25, -0.2) is 0 Å². The van der Waals surface area contributed by atoms with Gasteiger partial charge in [-0.1, -0.05) is 66.2 Å². The number of benzene rings is 3. The fourth-order valence-electron chi connectivity index (χ4n) is 4.43. The van der Waals surface area contributed by atoms with Crippen LogP contribution < -0.4 is 10.1 Å². The summed E-state index contributed by atoms with van der Waals surface area (Å²) in [5.74, 6) is 1.53. The summed E-state index contributed by atoms with van der Waals surface area (Å²) < 4.78 is 6.10. The van der Waals surface area contributed by atoms with Crippen molar-refractivity contribution in [3.63, 3.8) is 0 Å². The molecule has 1 heterocycles. The van der Waals surface area contributed by atoms with Crippen LogP contribution in [0.1, 0.15) is 36.5 Å². The molecule has 1 aliphatic heterocycles. The molecule has 0 radical (unpaired) electrons. The van der Waals surface area contributed by atoms with Crippen molar-refractivity contribution in [1.82, 2.24) is 10.2 Å². The zero-order valence-corrected chi connectivity index (χ0v) is 19.2. The van der Waals surface area contributed by atoms with E-state index >= 15 is 0 Å². The summed E-state index contributed by atoms with van der Waals surface area (Å²) in [6.45, 7) is 5.14. The van der Waals surface area contributed by atoms with Gasteiger partial charge in [-0.3, -0.25) is 9.59 Å². The van der Waals surface area contributed by atoms with Gasteiger partial charge < -0.3 is 15.0 Å². The lowest BCUT2D eigenvalue weighted by molar-refractivity contribution is -0.135. The third-order valence-electron chi connectivity index (χ3n) is 6.48. The van der Waals surface area contributed by atoms with E-state index in [2.05, 4.69) is 5.32 Å². The van der Waals surface area contributed by atoms with Gasteiger partial charge in [0.05, 0.1) is 5.41 Å². The topological polar surface area (TPSA) is 58.6 Å². The highest BCUT2D eigenvalue weighted by atomic mass is 16.5. The molecular formula is C28H30N2O3. The Hall–Kier alpha value is -3.60. The monoisotopic (exact) mass is 442 g/mol. The van der Waals surface area contributed by atoms with E-state index in [1.54, 1.807) is 6.92 Å². The van der Waals surface area contributed by atoms with Crippen LogP contribution >= 0.6 is 0 Å². The molecule has 0 spiro atoms. The average molecular weight is 443 g/mol. The Kier molecular flexibility index (Phi) is 6.78. The minimum Gasteiger partial charge on any atom is -0.457 e. The van der Waals surface area contributed by atoms with Gasteiger partial charge >= 0.3 is 0 Å². The molecule has 2 amide bonds. The molecule has 33 heavy (non-hydrogen) atoms. The molecule has 5 nitrogen and oxygen atoms in total. The van der Waals surface area contributed by atoms with Crippen molar-refractivity contribution in [1.29, 1.82) is 0 Å². The van der Waals surface area contributed by atoms with E-state index < -0.39 is 5.41 Å². The number of nitrogens with zero attached hydrogens (tertiary/aromatic N) is 1. The molecule has 170 valence electrons. The highest BCUT2D eigenvalue weighted by molar-refractivity contribution is 5.89. The van der Waals surface area contributed by atoms with Crippen LogP contribution in [0.25, 0.3) is 0 Å². The molecule has 0 saturated carbocycles. The highest BCUT2D eigenvalue weighted by Crippen LogP contribution is 2.36. The van der Waals surface area contributed by atoms with Gasteiger partial charge in [0.1, 0.15) is 11.5 Å². The maximum Gasteiger partial charge on any atom is 0.231 e. The molecule has 0 unspecified atom stereocenters. The number of rotatable bonds is 6. The van der Waals surface area contributed by atoms with E-state index in [0.717, 1.165) is 22.6 Å². The summed E-state index contributed by atoms with van der Waals surface area (Å²) in [7, 11) is 0. The molecule has 1 saturated heterocycles. The van der Waals surface area contributed by atoms with Crippen molar-refractivity contribution >= 4 is 11.8 Å². The quantitative estimate of drug-likeness (QED) is 0.586. The molecule has 0 atom stereocenters. The van der Waals surface area contributed by atoms with Crippen molar-refractivity contribution in [3.05, 3.63) is 95.6 Å². The second-order valence-electron chi connectivity index (χ2n) is 8.66. The number of piperidine rings is 1. The SMILES string of the molecule is CC(=O)N1CCC(C(=O)NCc2ccccc2Oc2ccc(C)cc2)(c2ccccc2)CC1. The average Bonchev–Trinajstić information content (AvgIpc) is 2.85. The summed E-state index contributed by atoms with van der Waals surface area (Å²) >= 11 is 0. The molecule has 4 rings (SSSR count). The Morgan fingerprint density at radius 3 is 2.21 bits per heavy atom. The number of amides is 2. The number of ether oxygens (including phenoxy) is 1. The third-order valence-corrected chi connectivity index (χ3v) is 6.48. The van der Waals surface area contributed by atoms with Crippen molar-refractivity contribution in [2.75, 3.05) is 13.1 Å². The summed E-state index contributed by atoms with van der Waals surface area (Å²) in [4.78, 5) is 27.3. The maximum absolute atomic E-state index is 13.6. The van der Waals surface area contributed by atoms with Crippen LogP contribution in [0.3, 0.4) is 0 Å². The summed E-state index contributed by atoms with van der Waals surface area (Å²) in [6, 6.07) is 25.6. The molecule has 0 aromatic heterocycles. The largest absolute Gasteiger partial charge is 0.457 e. The second-order valence-corrected chi connectivity index (χ2v) is 8.66. The number of carbonyl (C=O) groups is 2. The Morgan fingerprint density at radius 1 is 0.909 bits per heavy atom. The van der Waals surface area contributed by atoms with Crippen LogP contribution in [0.5, 0.6) is 11.5 Å². The Labute approximate surface area is 195 Å². The molecule has 0 bridgehead atoms. The van der Waals surface area contributed by atoms with Crippen LogP contribution in [0.4, 0.5) is 0 Å². The van der Waals surface area contributed by atoms with Gasteiger partial charge in [0.15, 0.2) is 0 Å². The van der Waals surface area contributed by atoms with Crippen LogP contribution in [0.2, 0.25) is 0 Å². The summed E-state index contributed by atoms with van der Waals surface area (Å²) in [5, 5.41) is 3.16. The first-order valence-electron chi connectivity index (χ1n) is 11.4. The number of nitrogens with one attached hydrogen (secondary N) is 1. The van der Waals surface area contributed by atoms with Gasteiger partial charge in [-0.05, 0) is 43.5 Å². The predicted molar refractivity (Wildman–Crippen MR) is 129 cm³/mol. The van der Waals surface area contributed by atoms with E-state index in [9.17, 15) is 9.59 Å². The Balaban J connectivity index is 1.52. The molecule has 5 heteroatoms. The van der Waals surface area contributed by atoms with Gasteiger partial charge in [0.25, 0.3) is 0 Å². The number of aryl methyl sites for hydroxylation is 1. The molecule has 3 aromatic carbocycles. The Bertz CT molecular complexity index is 1100. The maximum atomic E-state index is 13.6. The van der Waals surface area contributed by atoms with Gasteiger partial charge in [0, 0.05) is 32.1 Å². The van der Waals surface area contributed by atoms with Crippen molar-refractivity contribution in [2.45, 2.75) is 38.6 Å². The smallest absolute Gasteiger partial charge is 0.231 e. The number of likely N-dealkylation sites (tertiary alicyclic amines) is 1. The Morgan fingerprint density at radius 2 is 1.55 bits per heavy atom. The number of hydrogen-bond donors (Lipinski definition) is 1. The van der Waals surface area contributed by atoms with Crippen molar-refractivity contribution < 1.29 is 14.3 Å². The van der Waals surface area contributed by atoms with Crippen molar-refractivity contribution in [3.8, 4) is 11.5 Å². The number of para-hydroxylation sites is 1. The lowest BCUT2D eigenvalue weighted by Gasteiger charge is -2.40. The van der Waals surface area contributed by atoms with Crippen LogP contribution in [0.15, 0.2) is 78.9 Å². The standard InChI is InChI=1S/C28H30N2O3/c1-21-12-14-25(15-13-21)33-26-11-7-6-8-23(26)20-29-27(32)28(24-9-4-3-5-10-24)16-18-30(19-17-28)22(2)31/h3-15H,16-20H2,1-2H3,(H,29,32). The zero-order chi connectivity index (χ0) is 23.3. The number of carbonyl (C=O) groups excluding carboxylic acids is 2. The summed E-state index contributed by atoms with van der Waals surface area (Å²) in [5.41, 5.74) is 2.43. The van der Waals surface area contributed by atoms with Crippen molar-refractivity contribution in [2.24, 2.45) is 0 Å². The highest BCUT2D eigenvalue weighted by Gasteiger charge is 2.43. The number of hydrogen-bond acceptors (Lipinski definition) is 3. The van der Waals surface area contributed by atoms with E-state index in [0.29, 0.717) is 32.5 Å². The van der Waals surface area contributed by atoms with Crippen LogP contribution in [-0.2, 0) is 21.5 Å².